The van der Waals surface area contributed by atoms with E-state index in [1.807, 2.05) is 0 Å². The summed E-state index contributed by atoms with van der Waals surface area (Å²) >= 11 is 13.1. The Bertz CT molecular complexity index is 1300. The first-order valence-corrected chi connectivity index (χ1v) is 13.4. The van der Waals surface area contributed by atoms with E-state index in [-0.39, 0.29) is 46.3 Å². The van der Waals surface area contributed by atoms with Crippen LogP contribution in [0.3, 0.4) is 0 Å². The standard InChI is InChI=1S/C27H30Cl2FN5O5/c28-20-12-17-10-15(5-7-22(37)16-2-1-3-18(36)11-16)4-6-19(17)24(29)23(20)25(38)35-21(26(39)40)13-33-27(34-14-31)32-9-8-30/h1-3,11-12,15,21-22,36-37H,4-10,13H2,(H,35,38)(H,39,40)(H2,32,33,34)/t15?,21-,22?/m0/s1. The van der Waals surface area contributed by atoms with Gasteiger partial charge in [-0.2, -0.15) is 5.26 Å². The Morgan fingerprint density at radius 2 is 2.02 bits per heavy atom. The number of carbonyl (C=O) groups is 2. The molecule has 1 aliphatic carbocycles. The van der Waals surface area contributed by atoms with Crippen molar-refractivity contribution in [1.82, 2.24) is 16.0 Å². The molecule has 0 saturated heterocycles. The first kappa shape index (κ1) is 30.9. The predicted octanol–water partition coefficient (Wildman–Crippen LogP) is 3.49. The van der Waals surface area contributed by atoms with Crippen molar-refractivity contribution in [1.29, 1.82) is 5.26 Å². The van der Waals surface area contributed by atoms with Gasteiger partial charge in [-0.15, -0.1) is 4.99 Å². The van der Waals surface area contributed by atoms with E-state index >= 15 is 0 Å². The summed E-state index contributed by atoms with van der Waals surface area (Å²) < 4.78 is 12.4. The summed E-state index contributed by atoms with van der Waals surface area (Å²) in [5, 5.41) is 46.2. The average Bonchev–Trinajstić information content (AvgIpc) is 2.92. The number of carboxylic acids is 1. The number of aliphatic hydroxyl groups excluding tert-OH is 1. The monoisotopic (exact) mass is 593 g/mol. The molecule has 13 heteroatoms. The molecule has 0 bridgehead atoms. The maximum Gasteiger partial charge on any atom is 0.328 e. The van der Waals surface area contributed by atoms with Crippen LogP contribution in [0, 0.1) is 17.4 Å². The minimum atomic E-state index is -1.44. The van der Waals surface area contributed by atoms with Gasteiger partial charge in [0.2, 0.25) is 12.2 Å². The van der Waals surface area contributed by atoms with Crippen molar-refractivity contribution < 1.29 is 29.3 Å². The third-order valence-corrected chi connectivity index (χ3v) is 7.39. The summed E-state index contributed by atoms with van der Waals surface area (Å²) in [7, 11) is 0. The van der Waals surface area contributed by atoms with Crippen molar-refractivity contribution in [2.75, 3.05) is 19.8 Å². The molecule has 2 unspecified atom stereocenters. The zero-order chi connectivity index (χ0) is 29.2. The van der Waals surface area contributed by atoms with E-state index in [1.165, 1.54) is 6.19 Å². The number of guanidine groups is 1. The van der Waals surface area contributed by atoms with Crippen LogP contribution in [0.1, 0.15) is 52.4 Å². The van der Waals surface area contributed by atoms with Crippen molar-refractivity contribution >= 4 is 41.0 Å². The Labute approximate surface area is 240 Å². The molecule has 0 aliphatic heterocycles. The molecule has 0 heterocycles. The van der Waals surface area contributed by atoms with Crippen LogP contribution < -0.4 is 16.0 Å². The quantitative estimate of drug-likeness (QED) is 0.131. The van der Waals surface area contributed by atoms with Crippen LogP contribution in [-0.2, 0) is 17.6 Å². The lowest BCUT2D eigenvalue weighted by Crippen LogP contribution is -2.51. The van der Waals surface area contributed by atoms with Gasteiger partial charge in [-0.05, 0) is 72.9 Å². The molecule has 10 nitrogen and oxygen atoms in total. The summed E-state index contributed by atoms with van der Waals surface area (Å²) in [4.78, 5) is 28.3. The summed E-state index contributed by atoms with van der Waals surface area (Å²) in [6, 6.07) is 6.77. The molecule has 2 aromatic carbocycles. The van der Waals surface area contributed by atoms with Crippen molar-refractivity contribution in [3.8, 4) is 11.9 Å². The fourth-order valence-electron chi connectivity index (χ4n) is 4.66. The normalized spacial score (nSPS) is 16.3. The van der Waals surface area contributed by atoms with Crippen LogP contribution in [0.4, 0.5) is 4.39 Å². The molecule has 1 amide bonds. The second kappa shape index (κ2) is 14.7. The van der Waals surface area contributed by atoms with Crippen molar-refractivity contribution in [3.63, 3.8) is 0 Å². The van der Waals surface area contributed by atoms with Gasteiger partial charge in [0.05, 0.1) is 21.7 Å². The third-order valence-electron chi connectivity index (χ3n) is 6.68. The first-order valence-electron chi connectivity index (χ1n) is 12.6. The molecular weight excluding hydrogens is 564 g/mol. The number of hydrogen-bond donors (Lipinski definition) is 6. The number of alkyl halides is 1. The molecule has 1 aliphatic rings. The summed E-state index contributed by atoms with van der Waals surface area (Å²) in [5.41, 5.74) is 2.28. The Kier molecular flexibility index (Phi) is 11.4. The number of fused-ring (bicyclic) bond motifs is 1. The highest BCUT2D eigenvalue weighted by atomic mass is 35.5. The Hall–Kier alpha value is -3.59. The molecule has 0 aromatic heterocycles. The maximum absolute atomic E-state index is 13.1. The molecule has 40 heavy (non-hydrogen) atoms. The number of nitrogens with zero attached hydrogens (tertiary/aromatic N) is 2. The van der Waals surface area contributed by atoms with Gasteiger partial charge in [-0.25, -0.2) is 9.18 Å². The predicted molar refractivity (Wildman–Crippen MR) is 148 cm³/mol. The number of benzene rings is 2. The van der Waals surface area contributed by atoms with E-state index < -0.39 is 30.7 Å². The fourth-order valence-corrected chi connectivity index (χ4v) is 5.42. The van der Waals surface area contributed by atoms with Gasteiger partial charge < -0.3 is 31.3 Å². The number of aromatic hydroxyl groups is 1. The number of carbonyl (C=O) groups excluding carboxylic acids is 1. The minimum absolute atomic E-state index is 0.0347. The van der Waals surface area contributed by atoms with Crippen LogP contribution in [0.25, 0.3) is 0 Å². The van der Waals surface area contributed by atoms with Crippen molar-refractivity contribution in [3.05, 3.63) is 62.6 Å². The number of hydrogen-bond acceptors (Lipinski definition) is 6. The topological polar surface area (TPSA) is 167 Å². The van der Waals surface area contributed by atoms with Gasteiger partial charge in [0.1, 0.15) is 18.5 Å². The zero-order valence-electron chi connectivity index (χ0n) is 21.5. The van der Waals surface area contributed by atoms with E-state index in [4.69, 9.17) is 28.5 Å². The van der Waals surface area contributed by atoms with Crippen LogP contribution in [0.5, 0.6) is 5.75 Å². The SMILES string of the molecule is N#C/N=C(/NCCF)NC[C@H](NC(=O)c1c(Cl)cc2c(c1Cl)CCC(CCC(O)c1cccc(O)c1)C2)C(=O)O. The number of carboxylic acid groups (broad SMARTS) is 1. The van der Waals surface area contributed by atoms with Crippen LogP contribution in [0.15, 0.2) is 35.3 Å². The molecule has 0 radical (unpaired) electrons. The number of amides is 1. The number of aliphatic imine (C=N–C) groups is 1. The lowest BCUT2D eigenvalue weighted by molar-refractivity contribution is -0.139. The molecule has 6 N–H and O–H groups in total. The van der Waals surface area contributed by atoms with Gasteiger partial charge in [0, 0.05) is 13.1 Å². The Morgan fingerprint density at radius 3 is 2.70 bits per heavy atom. The summed E-state index contributed by atoms with van der Waals surface area (Å²) in [5.74, 6) is -1.91. The second-order valence-electron chi connectivity index (χ2n) is 9.40. The number of nitriles is 1. The van der Waals surface area contributed by atoms with Crippen LogP contribution >= 0.6 is 23.2 Å². The van der Waals surface area contributed by atoms with Gasteiger partial charge in [-0.3, -0.25) is 4.79 Å². The van der Waals surface area contributed by atoms with E-state index in [2.05, 4.69) is 20.9 Å². The number of phenolic OH excluding ortho intramolecular Hbond substituents is 1. The first-order chi connectivity index (χ1) is 19.1. The number of phenols is 1. The van der Waals surface area contributed by atoms with Crippen LogP contribution in [0.2, 0.25) is 10.0 Å². The molecule has 3 atom stereocenters. The molecular formula is C27H30Cl2FN5O5. The highest BCUT2D eigenvalue weighted by Crippen LogP contribution is 2.39. The average molecular weight is 594 g/mol. The maximum atomic E-state index is 13.1. The summed E-state index contributed by atoms with van der Waals surface area (Å²) in [6.07, 6.45) is 4.07. The second-order valence-corrected chi connectivity index (χ2v) is 10.2. The van der Waals surface area contributed by atoms with E-state index in [0.717, 1.165) is 24.0 Å². The molecule has 2 aromatic rings. The van der Waals surface area contributed by atoms with E-state index in [0.29, 0.717) is 24.8 Å². The van der Waals surface area contributed by atoms with Crippen molar-refractivity contribution in [2.45, 2.75) is 44.2 Å². The Morgan fingerprint density at radius 1 is 1.25 bits per heavy atom. The highest BCUT2D eigenvalue weighted by molar-refractivity contribution is 6.40. The van der Waals surface area contributed by atoms with E-state index in [1.54, 1.807) is 30.3 Å². The molecule has 0 fully saturated rings. The van der Waals surface area contributed by atoms with Gasteiger partial charge in [-0.1, -0.05) is 35.3 Å². The number of halogens is 3. The number of aliphatic hydroxyl groups is 1. The third kappa shape index (κ3) is 8.21. The molecule has 0 spiro atoms. The lowest BCUT2D eigenvalue weighted by Gasteiger charge is -2.27. The van der Waals surface area contributed by atoms with Gasteiger partial charge >= 0.3 is 5.97 Å². The lowest BCUT2D eigenvalue weighted by atomic mass is 9.80. The number of rotatable bonds is 11. The zero-order valence-corrected chi connectivity index (χ0v) is 23.0. The van der Waals surface area contributed by atoms with Crippen LogP contribution in [-0.4, -0.2) is 59.0 Å². The number of nitrogens with one attached hydrogen (secondary N) is 3. The molecule has 214 valence electrons. The minimum Gasteiger partial charge on any atom is -0.508 e. The molecule has 3 rings (SSSR count). The van der Waals surface area contributed by atoms with Gasteiger partial charge in [0.15, 0.2) is 0 Å². The smallest absolute Gasteiger partial charge is 0.328 e. The highest BCUT2D eigenvalue weighted by Gasteiger charge is 2.29. The van der Waals surface area contributed by atoms with Gasteiger partial charge in [0.25, 0.3) is 5.91 Å². The Balaban J connectivity index is 1.66. The fraction of sp³-hybridized carbons (Fsp3) is 0.407. The largest absolute Gasteiger partial charge is 0.508 e. The molecule has 0 saturated carbocycles. The number of aliphatic carboxylic acids is 1. The summed E-state index contributed by atoms with van der Waals surface area (Å²) in [6.45, 7) is -1.23. The van der Waals surface area contributed by atoms with Crippen molar-refractivity contribution in [2.24, 2.45) is 10.9 Å². The van der Waals surface area contributed by atoms with E-state index in [9.17, 15) is 29.3 Å².